The molecule has 1 aromatic heterocycles. The molecule has 6 heterocycles. The van der Waals surface area contributed by atoms with Gasteiger partial charge in [-0.25, -0.2) is 9.37 Å². The lowest BCUT2D eigenvalue weighted by Crippen LogP contribution is -2.54. The Hall–Kier alpha value is -5.93. The number of likely N-dealkylation sites (tertiary alicyclic amines) is 1. The Labute approximate surface area is 355 Å². The molecule has 5 amide bonds. The largest absolute Gasteiger partial charge is 0.417 e. The summed E-state index contributed by atoms with van der Waals surface area (Å²) in [6.07, 6.45) is 1.14. The van der Waals surface area contributed by atoms with Crippen LogP contribution in [0.15, 0.2) is 48.7 Å². The summed E-state index contributed by atoms with van der Waals surface area (Å²) in [5.74, 6) is -2.67. The molecule has 0 bridgehead atoms. The van der Waals surface area contributed by atoms with Crippen molar-refractivity contribution in [2.45, 2.75) is 57.2 Å². The molecule has 1 atom stereocenters. The number of rotatable bonds is 10. The Morgan fingerprint density at radius 1 is 0.823 bits per heavy atom. The van der Waals surface area contributed by atoms with Crippen molar-refractivity contribution in [3.63, 3.8) is 0 Å². The van der Waals surface area contributed by atoms with Crippen LogP contribution in [0.5, 0.6) is 0 Å². The highest BCUT2D eigenvalue weighted by atomic mass is 19.4. The van der Waals surface area contributed by atoms with E-state index in [1.807, 2.05) is 21.9 Å². The number of imide groups is 2. The third kappa shape index (κ3) is 9.14. The SMILES string of the molecule is N#Cc1ccc(N2CCC(C(=O)Nc3ccc(CC4CCN(CCN5CCN(c6cc7c(cc6F)C(=O)N(C6CCC(=O)NC6=O)C7=O)CC5)CC4)cn3)CC2)cc1C(F)(F)F. The fraction of sp³-hybridized carbons (Fsp3) is 0.477. The molecule has 1 unspecified atom stereocenters. The van der Waals surface area contributed by atoms with Gasteiger partial charge in [0.15, 0.2) is 0 Å². The van der Waals surface area contributed by atoms with Crippen molar-refractivity contribution >= 4 is 46.7 Å². The zero-order chi connectivity index (χ0) is 43.7. The first-order valence-corrected chi connectivity index (χ1v) is 21.1. The van der Waals surface area contributed by atoms with Crippen molar-refractivity contribution in [2.24, 2.45) is 11.8 Å². The van der Waals surface area contributed by atoms with Gasteiger partial charge < -0.3 is 20.0 Å². The molecule has 0 radical (unpaired) electrons. The Bertz CT molecular complexity index is 2280. The predicted octanol–water partition coefficient (Wildman–Crippen LogP) is 4.44. The monoisotopic (exact) mass is 857 g/mol. The molecule has 62 heavy (non-hydrogen) atoms. The second kappa shape index (κ2) is 17.8. The number of hydrogen-bond acceptors (Lipinski definition) is 11. The number of nitrogens with one attached hydrogen (secondary N) is 2. The standard InChI is InChI=1S/C44H47F4N9O5/c45-35-23-32-33(43(62)57(42(32)61)36-4-6-39(58)52-41(36)60)24-37(35)56-19-17-54(18-20-56)16-15-53-11-7-27(8-12-53)21-28-1-5-38(50-26-28)51-40(59)29-9-13-55(14-10-29)31-3-2-30(25-49)34(22-31)44(46,47)48/h1-3,5,22-24,26-27,29,36H,4,6-21H2,(H,50,51,59)(H,52,58,60). The number of hydrogen-bond donors (Lipinski definition) is 2. The summed E-state index contributed by atoms with van der Waals surface area (Å²) in [7, 11) is 0. The minimum absolute atomic E-state index is 0.00677. The first-order valence-electron chi connectivity index (χ1n) is 21.1. The van der Waals surface area contributed by atoms with Crippen molar-refractivity contribution in [3.05, 3.63) is 82.3 Å². The van der Waals surface area contributed by atoms with Gasteiger partial charge in [0.2, 0.25) is 17.7 Å². The molecule has 0 aliphatic carbocycles. The molecule has 5 aliphatic heterocycles. The molecule has 2 aromatic carbocycles. The van der Waals surface area contributed by atoms with Crippen LogP contribution in [-0.4, -0.2) is 121 Å². The number of amides is 5. The molecule has 18 heteroatoms. The van der Waals surface area contributed by atoms with Crippen molar-refractivity contribution < 1.29 is 41.5 Å². The van der Waals surface area contributed by atoms with Gasteiger partial charge in [0.1, 0.15) is 17.7 Å². The van der Waals surface area contributed by atoms with Crippen molar-refractivity contribution in [2.75, 3.05) is 80.6 Å². The van der Waals surface area contributed by atoms with Gasteiger partial charge in [-0.3, -0.25) is 39.1 Å². The fourth-order valence-corrected chi connectivity index (χ4v) is 9.27. The van der Waals surface area contributed by atoms with E-state index in [9.17, 15) is 37.1 Å². The van der Waals surface area contributed by atoms with Gasteiger partial charge in [-0.15, -0.1) is 0 Å². The highest BCUT2D eigenvalue weighted by Gasteiger charge is 2.45. The van der Waals surface area contributed by atoms with E-state index in [2.05, 4.69) is 25.4 Å². The third-order valence-corrected chi connectivity index (χ3v) is 12.9. The normalized spacial score (nSPS) is 21.0. The maximum absolute atomic E-state index is 15.4. The van der Waals surface area contributed by atoms with Crippen LogP contribution in [0.4, 0.5) is 34.8 Å². The van der Waals surface area contributed by atoms with Crippen LogP contribution in [0.2, 0.25) is 0 Å². The van der Waals surface area contributed by atoms with Crippen LogP contribution in [0.25, 0.3) is 0 Å². The van der Waals surface area contributed by atoms with E-state index in [-0.39, 0.29) is 41.5 Å². The number of piperazine rings is 1. The number of nitrogens with zero attached hydrogens (tertiary/aromatic N) is 7. The summed E-state index contributed by atoms with van der Waals surface area (Å²) < 4.78 is 55.8. The molecule has 326 valence electrons. The van der Waals surface area contributed by atoms with Gasteiger partial charge in [0.25, 0.3) is 11.8 Å². The van der Waals surface area contributed by atoms with Crippen LogP contribution < -0.4 is 20.4 Å². The lowest BCUT2D eigenvalue weighted by atomic mass is 9.90. The Morgan fingerprint density at radius 3 is 2.13 bits per heavy atom. The Kier molecular flexibility index (Phi) is 12.3. The first-order chi connectivity index (χ1) is 29.7. The molecule has 3 aromatic rings. The lowest BCUT2D eigenvalue weighted by molar-refractivity contribution is -0.138. The summed E-state index contributed by atoms with van der Waals surface area (Å²) in [5.41, 5.74) is 0.330. The second-order valence-electron chi connectivity index (χ2n) is 16.8. The number of anilines is 3. The number of alkyl halides is 3. The third-order valence-electron chi connectivity index (χ3n) is 12.9. The number of piperidine rings is 3. The minimum Gasteiger partial charge on any atom is -0.371 e. The summed E-state index contributed by atoms with van der Waals surface area (Å²) in [4.78, 5) is 77.3. The average Bonchev–Trinajstić information content (AvgIpc) is 3.50. The zero-order valence-electron chi connectivity index (χ0n) is 34.1. The number of fused-ring (bicyclic) bond motifs is 1. The quantitative estimate of drug-likeness (QED) is 0.219. The van der Waals surface area contributed by atoms with Crippen molar-refractivity contribution in [1.29, 1.82) is 5.26 Å². The summed E-state index contributed by atoms with van der Waals surface area (Å²) >= 11 is 0. The molecule has 0 spiro atoms. The van der Waals surface area contributed by atoms with Gasteiger partial charge in [-0.2, -0.15) is 18.4 Å². The van der Waals surface area contributed by atoms with Gasteiger partial charge in [0, 0.05) is 76.6 Å². The number of benzene rings is 2. The summed E-state index contributed by atoms with van der Waals surface area (Å²) in [6.45, 7) is 7.07. The zero-order valence-corrected chi connectivity index (χ0v) is 34.1. The van der Waals surface area contributed by atoms with Crippen molar-refractivity contribution in [1.82, 2.24) is 25.0 Å². The molecule has 5 aliphatic rings. The van der Waals surface area contributed by atoms with E-state index in [4.69, 9.17) is 5.26 Å². The molecule has 14 nitrogen and oxygen atoms in total. The number of halogens is 4. The van der Waals surface area contributed by atoms with E-state index in [0.717, 1.165) is 68.0 Å². The van der Waals surface area contributed by atoms with E-state index >= 15 is 4.39 Å². The van der Waals surface area contributed by atoms with Crippen molar-refractivity contribution in [3.8, 4) is 6.07 Å². The second-order valence-corrected chi connectivity index (χ2v) is 16.8. The minimum atomic E-state index is -4.63. The maximum Gasteiger partial charge on any atom is 0.417 e. The average molecular weight is 858 g/mol. The Morgan fingerprint density at radius 2 is 1.50 bits per heavy atom. The van der Waals surface area contributed by atoms with Gasteiger partial charge in [-0.1, -0.05) is 6.07 Å². The van der Waals surface area contributed by atoms with Gasteiger partial charge >= 0.3 is 6.18 Å². The smallest absolute Gasteiger partial charge is 0.371 e. The molecule has 4 fully saturated rings. The van der Waals surface area contributed by atoms with E-state index in [0.29, 0.717) is 69.5 Å². The van der Waals surface area contributed by atoms with Gasteiger partial charge in [-0.05, 0) is 99.5 Å². The van der Waals surface area contributed by atoms with E-state index in [1.54, 1.807) is 12.3 Å². The lowest BCUT2D eigenvalue weighted by Gasteiger charge is -2.38. The highest BCUT2D eigenvalue weighted by Crippen LogP contribution is 2.36. The molecular weight excluding hydrogens is 811 g/mol. The number of aromatic nitrogens is 1. The molecule has 0 saturated carbocycles. The van der Waals surface area contributed by atoms with Crippen LogP contribution >= 0.6 is 0 Å². The molecule has 8 rings (SSSR count). The Balaban J connectivity index is 0.737. The van der Waals surface area contributed by atoms with Crippen LogP contribution in [-0.2, 0) is 27.0 Å². The molecular formula is C44H47F4N9O5. The van der Waals surface area contributed by atoms with E-state index in [1.165, 1.54) is 18.2 Å². The fourth-order valence-electron chi connectivity index (χ4n) is 9.27. The number of carbonyl (C=O) groups is 5. The van der Waals surface area contributed by atoms with Crippen LogP contribution in [0.3, 0.4) is 0 Å². The van der Waals surface area contributed by atoms with E-state index < -0.39 is 52.8 Å². The number of pyridine rings is 1. The first kappa shape index (κ1) is 42.7. The highest BCUT2D eigenvalue weighted by molar-refractivity contribution is 6.23. The maximum atomic E-state index is 15.4. The topological polar surface area (TPSA) is 162 Å². The summed E-state index contributed by atoms with van der Waals surface area (Å²) in [5, 5.41) is 14.2. The predicted molar refractivity (Wildman–Crippen MR) is 219 cm³/mol. The molecule has 2 N–H and O–H groups in total. The number of nitriles is 1. The molecule has 4 saturated heterocycles. The van der Waals surface area contributed by atoms with Crippen LogP contribution in [0, 0.1) is 29.0 Å². The number of carbonyl (C=O) groups excluding carboxylic acids is 5. The summed E-state index contributed by atoms with van der Waals surface area (Å²) in [6, 6.07) is 10.5. The van der Waals surface area contributed by atoms with Gasteiger partial charge in [0.05, 0.1) is 34.0 Å². The van der Waals surface area contributed by atoms with Crippen LogP contribution in [0.1, 0.15) is 75.9 Å².